The van der Waals surface area contributed by atoms with Crippen LogP contribution in [0.5, 0.6) is 0 Å². The Kier molecular flexibility index (Phi) is 4.41. The van der Waals surface area contributed by atoms with Gasteiger partial charge in [-0.1, -0.05) is 49.1 Å². The summed E-state index contributed by atoms with van der Waals surface area (Å²) in [7, 11) is 0. The van der Waals surface area contributed by atoms with Crippen molar-refractivity contribution in [2.45, 2.75) is 6.42 Å². The second-order valence-corrected chi connectivity index (χ2v) is 3.25. The lowest BCUT2D eigenvalue weighted by atomic mass is 10.1. The van der Waals surface area contributed by atoms with Crippen LogP contribution in [0.25, 0.3) is 5.57 Å². The van der Waals surface area contributed by atoms with Gasteiger partial charge in [0.1, 0.15) is 0 Å². The molecule has 0 atom stereocenters. The Balaban J connectivity index is 2.59. The second kappa shape index (κ2) is 5.65. The first-order valence-electron chi connectivity index (χ1n) is 4.36. The third kappa shape index (κ3) is 3.51. The third-order valence-corrected chi connectivity index (χ3v) is 2.02. The number of thiol groups is 1. The van der Waals surface area contributed by atoms with Crippen molar-refractivity contribution < 1.29 is 0 Å². The Morgan fingerprint density at radius 1 is 1.31 bits per heavy atom. The van der Waals surface area contributed by atoms with Gasteiger partial charge in [-0.05, 0) is 23.3 Å². The number of benzene rings is 1. The number of hydrogen-bond acceptors (Lipinski definition) is 1. The Bertz CT molecular complexity index is 285. The molecule has 0 N–H and O–H groups in total. The molecule has 0 radical (unpaired) electrons. The van der Waals surface area contributed by atoms with E-state index in [0.717, 1.165) is 17.7 Å². The van der Waals surface area contributed by atoms with Gasteiger partial charge in [-0.3, -0.25) is 0 Å². The summed E-state index contributed by atoms with van der Waals surface area (Å²) in [6.45, 7) is 3.99. The van der Waals surface area contributed by atoms with E-state index in [1.165, 1.54) is 5.56 Å². The smallest absolute Gasteiger partial charge is 0.00632 e. The first-order chi connectivity index (χ1) is 6.34. The molecular weight excluding hydrogens is 176 g/mol. The minimum absolute atomic E-state index is 0.887. The molecule has 0 unspecified atom stereocenters. The fourth-order valence-corrected chi connectivity index (χ4v) is 1.20. The normalized spacial score (nSPS) is 10.5. The zero-order chi connectivity index (χ0) is 9.52. The maximum Gasteiger partial charge on any atom is -0.00632 e. The third-order valence-electron chi connectivity index (χ3n) is 1.76. The van der Waals surface area contributed by atoms with Crippen LogP contribution in [-0.4, -0.2) is 5.75 Å². The lowest BCUT2D eigenvalue weighted by Gasteiger charge is -1.98. The molecule has 0 fully saturated rings. The van der Waals surface area contributed by atoms with Crippen LogP contribution in [0, 0.1) is 0 Å². The molecule has 68 valence electrons. The van der Waals surface area contributed by atoms with Crippen molar-refractivity contribution in [3.63, 3.8) is 0 Å². The highest BCUT2D eigenvalue weighted by molar-refractivity contribution is 7.80. The van der Waals surface area contributed by atoms with Crippen molar-refractivity contribution in [3.8, 4) is 0 Å². The van der Waals surface area contributed by atoms with Crippen LogP contribution in [0.2, 0.25) is 0 Å². The molecule has 1 aromatic rings. The summed E-state index contributed by atoms with van der Waals surface area (Å²) >= 11 is 4.13. The molecule has 1 heteroatoms. The highest BCUT2D eigenvalue weighted by Crippen LogP contribution is 2.12. The van der Waals surface area contributed by atoms with E-state index < -0.39 is 0 Å². The summed E-state index contributed by atoms with van der Waals surface area (Å²) in [6.07, 6.45) is 5.14. The van der Waals surface area contributed by atoms with Crippen molar-refractivity contribution in [2.24, 2.45) is 0 Å². The van der Waals surface area contributed by atoms with E-state index in [4.69, 9.17) is 0 Å². The molecule has 0 amide bonds. The minimum atomic E-state index is 0.887. The molecule has 0 saturated carbocycles. The summed E-state index contributed by atoms with van der Waals surface area (Å²) in [5.41, 5.74) is 2.24. The fourth-order valence-electron chi connectivity index (χ4n) is 1.05. The molecule has 0 aliphatic carbocycles. The molecule has 13 heavy (non-hydrogen) atoms. The Morgan fingerprint density at radius 2 is 2.00 bits per heavy atom. The summed E-state index contributed by atoms with van der Waals surface area (Å²) in [4.78, 5) is 0. The molecule has 0 nitrogen and oxygen atoms in total. The molecule has 0 spiro atoms. The highest BCUT2D eigenvalue weighted by atomic mass is 32.1. The van der Waals surface area contributed by atoms with Gasteiger partial charge < -0.3 is 0 Å². The quantitative estimate of drug-likeness (QED) is 0.544. The van der Waals surface area contributed by atoms with Crippen LogP contribution < -0.4 is 0 Å². The first-order valence-corrected chi connectivity index (χ1v) is 4.99. The van der Waals surface area contributed by atoms with Crippen LogP contribution >= 0.6 is 12.6 Å². The maximum atomic E-state index is 4.13. The molecule has 0 aromatic heterocycles. The van der Waals surface area contributed by atoms with Crippen molar-refractivity contribution in [1.29, 1.82) is 0 Å². The van der Waals surface area contributed by atoms with E-state index in [-0.39, 0.29) is 0 Å². The number of allylic oxidation sites excluding steroid dienone is 3. The van der Waals surface area contributed by atoms with Gasteiger partial charge in [0.15, 0.2) is 0 Å². The summed E-state index contributed by atoms with van der Waals surface area (Å²) < 4.78 is 0. The molecular formula is C12H14S. The van der Waals surface area contributed by atoms with Crippen LogP contribution in [0.4, 0.5) is 0 Å². The number of hydrogen-bond donors (Lipinski definition) is 1. The largest absolute Gasteiger partial charge is 0.179 e. The summed E-state index contributed by atoms with van der Waals surface area (Å²) in [6, 6.07) is 10.2. The van der Waals surface area contributed by atoms with E-state index in [9.17, 15) is 0 Å². The van der Waals surface area contributed by atoms with Crippen LogP contribution in [-0.2, 0) is 0 Å². The molecule has 0 aliphatic heterocycles. The van der Waals surface area contributed by atoms with Gasteiger partial charge in [0, 0.05) is 0 Å². The summed E-state index contributed by atoms with van der Waals surface area (Å²) in [5.74, 6) is 0.887. The fraction of sp³-hybridized carbons (Fsp3) is 0.167. The molecule has 0 saturated heterocycles. The predicted octanol–water partition coefficient (Wildman–Crippen LogP) is 3.58. The Morgan fingerprint density at radius 3 is 2.62 bits per heavy atom. The van der Waals surface area contributed by atoms with Gasteiger partial charge in [0.05, 0.1) is 0 Å². The molecule has 0 heterocycles. The lowest BCUT2D eigenvalue weighted by Crippen LogP contribution is -1.77. The van der Waals surface area contributed by atoms with E-state index >= 15 is 0 Å². The van der Waals surface area contributed by atoms with E-state index in [1.807, 2.05) is 24.3 Å². The van der Waals surface area contributed by atoms with Crippen molar-refractivity contribution in [1.82, 2.24) is 0 Å². The van der Waals surface area contributed by atoms with Gasteiger partial charge >= 0.3 is 0 Å². The average Bonchev–Trinajstić information content (AvgIpc) is 2.19. The Labute approximate surface area is 85.4 Å². The van der Waals surface area contributed by atoms with Crippen LogP contribution in [0.3, 0.4) is 0 Å². The number of rotatable bonds is 4. The van der Waals surface area contributed by atoms with Gasteiger partial charge in [0.2, 0.25) is 0 Å². The highest BCUT2D eigenvalue weighted by Gasteiger charge is 1.90. The zero-order valence-corrected chi connectivity index (χ0v) is 8.50. The Hall–Kier alpha value is -0.950. The van der Waals surface area contributed by atoms with Gasteiger partial charge in [-0.2, -0.15) is 12.6 Å². The standard InChI is InChI=1S/C12H14S/c1-11(7-5-6-10-13)12-8-3-2-4-9-12/h2-5,7-9,13H,1,6,10H2/b7-5-. The average molecular weight is 190 g/mol. The zero-order valence-electron chi connectivity index (χ0n) is 7.61. The molecule has 0 aliphatic rings. The lowest BCUT2D eigenvalue weighted by molar-refractivity contribution is 1.25. The monoisotopic (exact) mass is 190 g/mol. The van der Waals surface area contributed by atoms with E-state index in [0.29, 0.717) is 0 Å². The van der Waals surface area contributed by atoms with E-state index in [1.54, 1.807) is 0 Å². The molecule has 1 rings (SSSR count). The van der Waals surface area contributed by atoms with Crippen molar-refractivity contribution in [2.75, 3.05) is 5.75 Å². The molecule has 0 bridgehead atoms. The first kappa shape index (κ1) is 10.1. The van der Waals surface area contributed by atoms with Crippen LogP contribution in [0.1, 0.15) is 12.0 Å². The topological polar surface area (TPSA) is 0 Å². The van der Waals surface area contributed by atoms with E-state index in [2.05, 4.69) is 37.4 Å². The van der Waals surface area contributed by atoms with Crippen molar-refractivity contribution in [3.05, 3.63) is 54.6 Å². The van der Waals surface area contributed by atoms with Gasteiger partial charge in [-0.25, -0.2) is 0 Å². The van der Waals surface area contributed by atoms with Gasteiger partial charge in [-0.15, -0.1) is 0 Å². The maximum absolute atomic E-state index is 4.13. The van der Waals surface area contributed by atoms with Gasteiger partial charge in [0.25, 0.3) is 0 Å². The summed E-state index contributed by atoms with van der Waals surface area (Å²) in [5, 5.41) is 0. The molecule has 1 aromatic carbocycles. The van der Waals surface area contributed by atoms with Crippen molar-refractivity contribution >= 4 is 18.2 Å². The SMILES string of the molecule is C=C(/C=C\CCS)c1ccccc1. The second-order valence-electron chi connectivity index (χ2n) is 2.81. The van der Waals surface area contributed by atoms with Crippen LogP contribution in [0.15, 0.2) is 49.1 Å². The minimum Gasteiger partial charge on any atom is -0.179 e. The predicted molar refractivity (Wildman–Crippen MR) is 63.1 cm³/mol.